The van der Waals surface area contributed by atoms with E-state index >= 15 is 0 Å². The minimum atomic E-state index is -0.473. The van der Waals surface area contributed by atoms with Crippen molar-refractivity contribution >= 4 is 23.2 Å². The molecule has 7 nitrogen and oxygen atoms in total. The zero-order valence-electron chi connectivity index (χ0n) is 13.4. The number of hydrogen-bond donors (Lipinski definition) is 1. The highest BCUT2D eigenvalue weighted by Gasteiger charge is 2.30. The molecule has 0 radical (unpaired) electrons. The number of nitro benzene ring substituents is 1. The van der Waals surface area contributed by atoms with Crippen LogP contribution in [-0.4, -0.2) is 59.4 Å². The van der Waals surface area contributed by atoms with Gasteiger partial charge in [0, 0.05) is 38.3 Å². The SMILES string of the molecule is O=C1CNCCN1C1CCCN(Cc2ccc([N+](=O)[O-])c(Cl)c2)C1. The Morgan fingerprint density at radius 3 is 2.92 bits per heavy atom. The van der Waals surface area contributed by atoms with Crippen LogP contribution >= 0.6 is 11.6 Å². The summed E-state index contributed by atoms with van der Waals surface area (Å²) in [5.74, 6) is 0.173. The van der Waals surface area contributed by atoms with Crippen LogP contribution in [0, 0.1) is 10.1 Å². The van der Waals surface area contributed by atoms with Gasteiger partial charge in [-0.05, 0) is 31.0 Å². The lowest BCUT2D eigenvalue weighted by molar-refractivity contribution is -0.384. The zero-order chi connectivity index (χ0) is 17.1. The Labute approximate surface area is 145 Å². The van der Waals surface area contributed by atoms with Gasteiger partial charge in [0.05, 0.1) is 11.5 Å². The third kappa shape index (κ3) is 3.85. The van der Waals surface area contributed by atoms with Crippen molar-refractivity contribution in [2.24, 2.45) is 0 Å². The van der Waals surface area contributed by atoms with Crippen molar-refractivity contribution in [2.75, 3.05) is 32.7 Å². The fraction of sp³-hybridized carbons (Fsp3) is 0.562. The van der Waals surface area contributed by atoms with Crippen LogP contribution in [0.4, 0.5) is 5.69 Å². The summed E-state index contributed by atoms with van der Waals surface area (Å²) in [6.07, 6.45) is 2.08. The fourth-order valence-electron chi connectivity index (χ4n) is 3.49. The summed E-state index contributed by atoms with van der Waals surface area (Å²) in [4.78, 5) is 26.7. The number of nitrogens with one attached hydrogen (secondary N) is 1. The molecule has 24 heavy (non-hydrogen) atoms. The van der Waals surface area contributed by atoms with Gasteiger partial charge in [0.15, 0.2) is 0 Å². The fourth-order valence-corrected chi connectivity index (χ4v) is 3.76. The molecule has 1 N–H and O–H groups in total. The number of likely N-dealkylation sites (tertiary alicyclic amines) is 1. The van der Waals surface area contributed by atoms with E-state index in [-0.39, 0.29) is 22.7 Å². The average molecular weight is 353 g/mol. The van der Waals surface area contributed by atoms with E-state index in [2.05, 4.69) is 10.2 Å². The van der Waals surface area contributed by atoms with Gasteiger partial charge in [0.1, 0.15) is 5.02 Å². The highest BCUT2D eigenvalue weighted by molar-refractivity contribution is 6.32. The number of piperidine rings is 1. The average Bonchev–Trinajstić information content (AvgIpc) is 2.55. The molecule has 2 fully saturated rings. The van der Waals surface area contributed by atoms with E-state index in [9.17, 15) is 14.9 Å². The first kappa shape index (κ1) is 17.1. The van der Waals surface area contributed by atoms with Gasteiger partial charge in [-0.3, -0.25) is 19.8 Å². The minimum absolute atomic E-state index is 0.0663. The van der Waals surface area contributed by atoms with Gasteiger partial charge >= 0.3 is 0 Å². The minimum Gasteiger partial charge on any atom is -0.336 e. The first-order valence-corrected chi connectivity index (χ1v) is 8.58. The Kier molecular flexibility index (Phi) is 5.33. The molecule has 2 aliphatic heterocycles. The van der Waals surface area contributed by atoms with Crippen molar-refractivity contribution in [1.29, 1.82) is 0 Å². The second kappa shape index (κ2) is 7.46. The summed E-state index contributed by atoms with van der Waals surface area (Å²) >= 11 is 5.99. The van der Waals surface area contributed by atoms with E-state index in [0.29, 0.717) is 13.1 Å². The van der Waals surface area contributed by atoms with E-state index in [4.69, 9.17) is 11.6 Å². The van der Waals surface area contributed by atoms with Gasteiger partial charge in [0.25, 0.3) is 5.69 Å². The van der Waals surface area contributed by atoms with Gasteiger partial charge < -0.3 is 10.2 Å². The monoisotopic (exact) mass is 352 g/mol. The van der Waals surface area contributed by atoms with Crippen molar-refractivity contribution in [3.05, 3.63) is 38.9 Å². The van der Waals surface area contributed by atoms with Crippen LogP contribution in [0.25, 0.3) is 0 Å². The van der Waals surface area contributed by atoms with Crippen LogP contribution in [0.15, 0.2) is 18.2 Å². The molecule has 0 bridgehead atoms. The van der Waals surface area contributed by atoms with Crippen LogP contribution in [0.3, 0.4) is 0 Å². The van der Waals surface area contributed by atoms with Crippen molar-refractivity contribution in [1.82, 2.24) is 15.1 Å². The van der Waals surface area contributed by atoms with Gasteiger partial charge in [-0.2, -0.15) is 0 Å². The lowest BCUT2D eigenvalue weighted by Gasteiger charge is -2.41. The molecule has 1 aromatic carbocycles. The predicted octanol–water partition coefficient (Wildman–Crippen LogP) is 1.64. The van der Waals surface area contributed by atoms with Crippen molar-refractivity contribution in [3.63, 3.8) is 0 Å². The lowest BCUT2D eigenvalue weighted by Crippen LogP contribution is -2.56. The number of halogens is 1. The summed E-state index contributed by atoms with van der Waals surface area (Å²) < 4.78 is 0. The molecule has 8 heteroatoms. The standard InChI is InChI=1S/C16H21ClN4O3/c17-14-8-12(3-4-15(14)21(23)24)10-19-6-1-2-13(11-19)20-7-5-18-9-16(20)22/h3-4,8,13,18H,1-2,5-7,9-11H2. The van der Waals surface area contributed by atoms with Gasteiger partial charge in [-0.25, -0.2) is 0 Å². The molecule has 130 valence electrons. The van der Waals surface area contributed by atoms with Crippen molar-refractivity contribution in [3.8, 4) is 0 Å². The summed E-state index contributed by atoms with van der Waals surface area (Å²) in [6.45, 7) is 4.52. The van der Waals surface area contributed by atoms with E-state index in [0.717, 1.165) is 44.6 Å². The molecular weight excluding hydrogens is 332 g/mol. The molecular formula is C16H21ClN4O3. The maximum Gasteiger partial charge on any atom is 0.287 e. The molecule has 0 aliphatic carbocycles. The summed E-state index contributed by atoms with van der Waals surface area (Å²) in [7, 11) is 0. The number of rotatable bonds is 4. The summed E-state index contributed by atoms with van der Waals surface area (Å²) in [5.41, 5.74) is 0.890. The number of piperazine rings is 1. The topological polar surface area (TPSA) is 78.7 Å². The number of nitrogens with zero attached hydrogens (tertiary/aromatic N) is 3. The molecule has 2 saturated heterocycles. The first-order chi connectivity index (χ1) is 11.5. The third-order valence-corrected chi connectivity index (χ3v) is 4.97. The second-order valence-corrected chi connectivity index (χ2v) is 6.75. The summed E-state index contributed by atoms with van der Waals surface area (Å²) in [5, 5.41) is 14.1. The molecule has 1 aromatic rings. The Balaban J connectivity index is 1.64. The van der Waals surface area contributed by atoms with Crippen molar-refractivity contribution < 1.29 is 9.72 Å². The number of benzene rings is 1. The van der Waals surface area contributed by atoms with Gasteiger partial charge in [0.2, 0.25) is 5.91 Å². The number of hydrogen-bond acceptors (Lipinski definition) is 5. The van der Waals surface area contributed by atoms with E-state index in [1.165, 1.54) is 6.07 Å². The molecule has 1 amide bonds. The molecule has 1 atom stereocenters. The molecule has 0 spiro atoms. The van der Waals surface area contributed by atoms with Crippen LogP contribution in [0.2, 0.25) is 5.02 Å². The lowest BCUT2D eigenvalue weighted by atomic mass is 10.0. The first-order valence-electron chi connectivity index (χ1n) is 8.20. The van der Waals surface area contributed by atoms with Crippen LogP contribution < -0.4 is 5.32 Å². The number of amides is 1. The maximum absolute atomic E-state index is 12.1. The maximum atomic E-state index is 12.1. The molecule has 3 rings (SSSR count). The molecule has 1 unspecified atom stereocenters. The van der Waals surface area contributed by atoms with Gasteiger partial charge in [-0.1, -0.05) is 17.7 Å². The zero-order valence-corrected chi connectivity index (χ0v) is 14.2. The number of carbonyl (C=O) groups is 1. The Morgan fingerprint density at radius 2 is 2.21 bits per heavy atom. The second-order valence-electron chi connectivity index (χ2n) is 6.34. The molecule has 2 aliphatic rings. The summed E-state index contributed by atoms with van der Waals surface area (Å²) in [6, 6.07) is 5.13. The van der Waals surface area contributed by atoms with E-state index in [1.54, 1.807) is 12.1 Å². The highest BCUT2D eigenvalue weighted by Crippen LogP contribution is 2.26. The Hall–Kier alpha value is -1.70. The smallest absolute Gasteiger partial charge is 0.287 e. The van der Waals surface area contributed by atoms with E-state index < -0.39 is 4.92 Å². The normalized spacial score (nSPS) is 22.6. The highest BCUT2D eigenvalue weighted by atomic mass is 35.5. The third-order valence-electron chi connectivity index (χ3n) is 4.66. The molecule has 0 saturated carbocycles. The quantitative estimate of drug-likeness (QED) is 0.658. The molecule has 0 aromatic heterocycles. The Morgan fingerprint density at radius 1 is 1.38 bits per heavy atom. The number of nitro groups is 1. The van der Waals surface area contributed by atoms with Gasteiger partial charge in [-0.15, -0.1) is 0 Å². The Bertz CT molecular complexity index is 640. The number of carbonyl (C=O) groups excluding carboxylic acids is 1. The van der Waals surface area contributed by atoms with Crippen LogP contribution in [0.1, 0.15) is 18.4 Å². The van der Waals surface area contributed by atoms with E-state index in [1.807, 2.05) is 4.90 Å². The largest absolute Gasteiger partial charge is 0.336 e. The van der Waals surface area contributed by atoms with Crippen molar-refractivity contribution in [2.45, 2.75) is 25.4 Å². The van der Waals surface area contributed by atoms with Crippen LogP contribution in [-0.2, 0) is 11.3 Å². The molecule has 2 heterocycles. The predicted molar refractivity (Wildman–Crippen MR) is 91.0 cm³/mol. The van der Waals surface area contributed by atoms with Crippen LogP contribution in [0.5, 0.6) is 0 Å².